The van der Waals surface area contributed by atoms with Crippen molar-refractivity contribution in [1.82, 2.24) is 9.97 Å². The molecule has 124 valence electrons. The molecule has 0 radical (unpaired) electrons. The Labute approximate surface area is 133 Å². The van der Waals surface area contributed by atoms with Gasteiger partial charge in [-0.2, -0.15) is 13.2 Å². The highest BCUT2D eigenvalue weighted by atomic mass is 19.4. The Morgan fingerprint density at radius 3 is 2.29 bits per heavy atom. The fraction of sp³-hybridized carbons (Fsp3) is 0.0667. The van der Waals surface area contributed by atoms with Crippen molar-refractivity contribution in [2.24, 2.45) is 0 Å². The molecule has 0 saturated carbocycles. The van der Waals surface area contributed by atoms with Gasteiger partial charge in [0.05, 0.1) is 18.0 Å². The molecule has 0 spiro atoms. The molecule has 6 nitrogen and oxygen atoms in total. The average molecular weight is 337 g/mol. The van der Waals surface area contributed by atoms with E-state index in [0.29, 0.717) is 5.56 Å². The summed E-state index contributed by atoms with van der Waals surface area (Å²) in [6.07, 6.45) is -2.03. The van der Waals surface area contributed by atoms with Crippen molar-refractivity contribution in [3.05, 3.63) is 48.3 Å². The van der Waals surface area contributed by atoms with Crippen LogP contribution in [0.15, 0.2) is 47.1 Å². The zero-order valence-electron chi connectivity index (χ0n) is 11.9. The topological polar surface area (TPSA) is 91.4 Å². The average Bonchev–Trinajstić information content (AvgIpc) is 2.99. The lowest BCUT2D eigenvalue weighted by atomic mass is 10.1. The molecule has 0 atom stereocenters. The minimum absolute atomic E-state index is 0.0301. The van der Waals surface area contributed by atoms with Crippen LogP contribution >= 0.6 is 0 Å². The number of nitrogens with one attached hydrogen (secondary N) is 1. The Morgan fingerprint density at radius 1 is 0.958 bits per heavy atom. The van der Waals surface area contributed by atoms with Crippen LogP contribution in [-0.2, 0) is 6.18 Å². The van der Waals surface area contributed by atoms with Gasteiger partial charge in [0.25, 0.3) is 0 Å². The molecule has 0 saturated heterocycles. The van der Waals surface area contributed by atoms with E-state index in [1.807, 2.05) is 0 Å². The summed E-state index contributed by atoms with van der Waals surface area (Å²) >= 11 is 0. The number of oxazole rings is 1. The molecule has 0 aliphatic rings. The fourth-order valence-electron chi connectivity index (χ4n) is 1.90. The van der Waals surface area contributed by atoms with E-state index >= 15 is 0 Å². The third kappa shape index (κ3) is 3.24. The van der Waals surface area contributed by atoms with Gasteiger partial charge in [-0.25, -0.2) is 9.97 Å². The van der Waals surface area contributed by atoms with Gasteiger partial charge < -0.3 is 14.6 Å². The number of benzene rings is 1. The van der Waals surface area contributed by atoms with E-state index in [1.165, 1.54) is 18.3 Å². The van der Waals surface area contributed by atoms with E-state index < -0.39 is 11.7 Å². The maximum Gasteiger partial charge on any atom is 0.416 e. The number of aromatic nitrogens is 2. The minimum Gasteiger partial charge on any atom is -0.504 e. The van der Waals surface area contributed by atoms with Crippen LogP contribution in [-0.4, -0.2) is 20.2 Å². The van der Waals surface area contributed by atoms with Gasteiger partial charge in [-0.1, -0.05) is 12.1 Å². The van der Waals surface area contributed by atoms with Gasteiger partial charge in [0, 0.05) is 11.6 Å². The summed E-state index contributed by atoms with van der Waals surface area (Å²) in [6.45, 7) is 0. The quantitative estimate of drug-likeness (QED) is 0.671. The van der Waals surface area contributed by atoms with Gasteiger partial charge in [-0.3, -0.25) is 5.32 Å². The summed E-state index contributed by atoms with van der Waals surface area (Å²) in [5.41, 5.74) is -0.335. The largest absolute Gasteiger partial charge is 0.504 e. The summed E-state index contributed by atoms with van der Waals surface area (Å²) in [5.74, 6) is -0.319. The van der Waals surface area contributed by atoms with Crippen LogP contribution in [0.4, 0.5) is 25.0 Å². The van der Waals surface area contributed by atoms with Gasteiger partial charge in [0.1, 0.15) is 5.82 Å². The van der Waals surface area contributed by atoms with E-state index in [1.54, 1.807) is 0 Å². The molecule has 3 rings (SSSR count). The second-order valence-electron chi connectivity index (χ2n) is 4.79. The zero-order chi connectivity index (χ0) is 17.3. The summed E-state index contributed by atoms with van der Waals surface area (Å²) in [5, 5.41) is 21.2. The Balaban J connectivity index is 1.79. The maximum absolute atomic E-state index is 12.5. The Bertz CT molecular complexity index is 860. The molecule has 0 unspecified atom stereocenters. The van der Waals surface area contributed by atoms with Gasteiger partial charge in [0.15, 0.2) is 17.3 Å². The number of hydrogen-bond acceptors (Lipinski definition) is 6. The number of halogens is 3. The molecule has 9 heteroatoms. The van der Waals surface area contributed by atoms with Gasteiger partial charge in [-0.15, -0.1) is 0 Å². The normalized spacial score (nSPS) is 11.5. The van der Waals surface area contributed by atoms with Crippen LogP contribution < -0.4 is 5.32 Å². The number of rotatable bonds is 3. The molecule has 0 aliphatic carbocycles. The van der Waals surface area contributed by atoms with E-state index in [2.05, 4.69) is 15.3 Å². The Kier molecular flexibility index (Phi) is 3.76. The molecule has 24 heavy (non-hydrogen) atoms. The Morgan fingerprint density at radius 2 is 1.67 bits per heavy atom. The van der Waals surface area contributed by atoms with Crippen molar-refractivity contribution < 1.29 is 27.8 Å². The lowest BCUT2D eigenvalue weighted by molar-refractivity contribution is -0.137. The second kappa shape index (κ2) is 5.76. The number of alkyl halides is 3. The van der Waals surface area contributed by atoms with E-state index in [9.17, 15) is 23.4 Å². The molecule has 2 heterocycles. The highest BCUT2D eigenvalue weighted by Crippen LogP contribution is 2.32. The van der Waals surface area contributed by atoms with Crippen LogP contribution in [0.1, 0.15) is 5.56 Å². The van der Waals surface area contributed by atoms with Crippen molar-refractivity contribution >= 4 is 11.8 Å². The van der Waals surface area contributed by atoms with Crippen molar-refractivity contribution in [3.63, 3.8) is 0 Å². The van der Waals surface area contributed by atoms with E-state index in [0.717, 1.165) is 24.4 Å². The van der Waals surface area contributed by atoms with Gasteiger partial charge in [-0.05, 0) is 12.1 Å². The molecule has 0 fully saturated rings. The maximum atomic E-state index is 12.5. The monoisotopic (exact) mass is 337 g/mol. The van der Waals surface area contributed by atoms with Crippen LogP contribution in [0.3, 0.4) is 0 Å². The first kappa shape index (κ1) is 15.7. The lowest BCUT2D eigenvalue weighted by Crippen LogP contribution is -2.03. The molecule has 3 aromatic rings. The molecule has 2 aromatic heterocycles. The van der Waals surface area contributed by atoms with Crippen molar-refractivity contribution in [2.75, 3.05) is 5.32 Å². The highest BCUT2D eigenvalue weighted by molar-refractivity contribution is 5.60. The minimum atomic E-state index is -4.40. The van der Waals surface area contributed by atoms with Crippen LogP contribution in [0.25, 0.3) is 11.3 Å². The third-order valence-electron chi connectivity index (χ3n) is 3.10. The summed E-state index contributed by atoms with van der Waals surface area (Å²) in [7, 11) is 0. The smallest absolute Gasteiger partial charge is 0.416 e. The predicted octanol–water partition coefficient (Wildman–Crippen LogP) is 3.91. The summed E-state index contributed by atoms with van der Waals surface area (Å²) in [6, 6.07) is 5.64. The third-order valence-corrected chi connectivity index (χ3v) is 3.10. The molecular weight excluding hydrogens is 327 g/mol. The molecule has 0 aliphatic heterocycles. The zero-order valence-corrected chi connectivity index (χ0v) is 11.9. The Hall–Kier alpha value is -3.23. The number of nitrogens with zero attached hydrogens (tertiary/aromatic N) is 2. The summed E-state index contributed by atoms with van der Waals surface area (Å²) in [4.78, 5) is 7.74. The first-order valence-corrected chi connectivity index (χ1v) is 6.61. The highest BCUT2D eigenvalue weighted by Gasteiger charge is 2.30. The standard InChI is InChI=1S/C15H10F3N3O3/c16-15(17,18)9-3-1-8(2-4-9)12-7-20-14(24-12)21-13-5-10(22)11(23)6-19-13/h1-7,23H,(H2,19,20,21,22). The lowest BCUT2D eigenvalue weighted by Gasteiger charge is -2.06. The second-order valence-corrected chi connectivity index (χ2v) is 4.79. The fourth-order valence-corrected chi connectivity index (χ4v) is 1.90. The SMILES string of the molecule is Oc1cnc(Nc2ncc(-c3ccc(C(F)(F)F)cc3)o2)cc1O. The number of aromatic hydroxyl groups is 2. The van der Waals surface area contributed by atoms with Crippen molar-refractivity contribution in [2.45, 2.75) is 6.18 Å². The first-order valence-electron chi connectivity index (χ1n) is 6.61. The van der Waals surface area contributed by atoms with Crippen molar-refractivity contribution in [3.8, 4) is 22.8 Å². The summed E-state index contributed by atoms with van der Waals surface area (Å²) < 4.78 is 43.0. The van der Waals surface area contributed by atoms with Crippen molar-refractivity contribution in [1.29, 1.82) is 0 Å². The van der Waals surface area contributed by atoms with Crippen LogP contribution in [0, 0.1) is 0 Å². The van der Waals surface area contributed by atoms with E-state index in [4.69, 9.17) is 4.42 Å². The van der Waals surface area contributed by atoms with Gasteiger partial charge in [0.2, 0.25) is 0 Å². The molecule has 3 N–H and O–H groups in total. The molecule has 0 amide bonds. The first-order chi connectivity index (χ1) is 11.3. The van der Waals surface area contributed by atoms with Gasteiger partial charge >= 0.3 is 12.2 Å². The number of anilines is 2. The molecular formula is C15H10F3N3O3. The molecule has 0 bridgehead atoms. The van der Waals surface area contributed by atoms with E-state index in [-0.39, 0.29) is 29.1 Å². The number of pyridine rings is 1. The van der Waals surface area contributed by atoms with Crippen LogP contribution in [0.5, 0.6) is 11.5 Å². The molecule has 1 aromatic carbocycles. The number of hydrogen-bond donors (Lipinski definition) is 3. The predicted molar refractivity (Wildman–Crippen MR) is 77.8 cm³/mol. The van der Waals surface area contributed by atoms with Crippen LogP contribution in [0.2, 0.25) is 0 Å².